The van der Waals surface area contributed by atoms with Crippen molar-refractivity contribution in [1.82, 2.24) is 9.99 Å². The fourth-order valence-corrected chi connectivity index (χ4v) is 4.05. The van der Waals surface area contributed by atoms with Crippen LogP contribution in [0.4, 0.5) is 0 Å². The molecule has 4 nitrogen and oxygen atoms in total. The van der Waals surface area contributed by atoms with E-state index in [1.54, 1.807) is 7.11 Å². The summed E-state index contributed by atoms with van der Waals surface area (Å²) in [6.45, 7) is 3.61. The molecule has 0 saturated heterocycles. The van der Waals surface area contributed by atoms with E-state index in [4.69, 9.17) is 4.74 Å². The van der Waals surface area contributed by atoms with Crippen LogP contribution in [0.3, 0.4) is 0 Å². The summed E-state index contributed by atoms with van der Waals surface area (Å²) in [5, 5.41) is 5.72. The maximum absolute atomic E-state index is 5.41. The number of hydrazone groups is 1. The quantitative estimate of drug-likeness (QED) is 0.196. The predicted octanol–water partition coefficient (Wildman–Crippen LogP) is 5.73. The third kappa shape index (κ3) is 4.36. The summed E-state index contributed by atoms with van der Waals surface area (Å²) in [6, 6.07) is 25.2. The summed E-state index contributed by atoms with van der Waals surface area (Å²) in [7, 11) is 1.69. The molecule has 0 atom stereocenters. The molecular weight excluding hydrogens is 485 g/mol. The Hall–Kier alpha value is -2.80. The van der Waals surface area contributed by atoms with Gasteiger partial charge in [-0.1, -0.05) is 48.5 Å². The Kier molecular flexibility index (Phi) is 6.38. The topological polar surface area (TPSA) is 38.5 Å². The molecule has 30 heavy (non-hydrogen) atoms. The summed E-state index contributed by atoms with van der Waals surface area (Å²) < 4.78 is 9.02. The van der Waals surface area contributed by atoms with Crippen molar-refractivity contribution in [2.75, 3.05) is 7.11 Å². The number of methoxy groups -OCH3 is 1. The third-order valence-corrected chi connectivity index (χ3v) is 6.00. The second-order valence-corrected chi connectivity index (χ2v) is 8.38. The highest BCUT2D eigenvalue weighted by Crippen LogP contribution is 2.26. The molecule has 0 radical (unpaired) electrons. The Bertz CT molecular complexity index is 1180. The van der Waals surface area contributed by atoms with Crippen LogP contribution in [-0.4, -0.2) is 17.9 Å². The van der Waals surface area contributed by atoms with Crippen molar-refractivity contribution in [1.29, 1.82) is 0 Å². The Morgan fingerprint density at radius 3 is 2.53 bits per heavy atom. The first-order valence-corrected chi connectivity index (χ1v) is 11.0. The number of fused-ring (bicyclic) bond motifs is 1. The maximum atomic E-state index is 5.41. The first-order chi connectivity index (χ1) is 14.7. The van der Waals surface area contributed by atoms with E-state index in [1.165, 1.54) is 25.7 Å². The van der Waals surface area contributed by atoms with Gasteiger partial charge < -0.3 is 14.7 Å². The molecule has 0 fully saturated rings. The molecule has 0 bridgehead atoms. The van der Waals surface area contributed by atoms with Crippen molar-refractivity contribution in [2.24, 2.45) is 5.10 Å². The smallest absolute Gasteiger partial charge is 0.123 e. The number of hydrogen-bond donors (Lipinski definition) is 1. The number of aromatic nitrogens is 1. The average Bonchev–Trinajstić information content (AvgIpc) is 3.04. The van der Waals surface area contributed by atoms with Gasteiger partial charge in [-0.2, -0.15) is 5.10 Å². The molecule has 4 rings (SSSR count). The minimum Gasteiger partial charge on any atom is -0.496 e. The third-order valence-electron chi connectivity index (χ3n) is 5.28. The van der Waals surface area contributed by atoms with E-state index in [0.717, 1.165) is 23.4 Å². The van der Waals surface area contributed by atoms with Gasteiger partial charge in [0.1, 0.15) is 5.75 Å². The highest BCUT2D eigenvalue weighted by molar-refractivity contribution is 14.1. The first-order valence-electron chi connectivity index (χ1n) is 9.87. The van der Waals surface area contributed by atoms with E-state index in [1.807, 2.05) is 30.5 Å². The lowest BCUT2D eigenvalue weighted by Crippen LogP contribution is -2.07. The van der Waals surface area contributed by atoms with Gasteiger partial charge in [-0.25, -0.2) is 0 Å². The van der Waals surface area contributed by atoms with Crippen LogP contribution >= 0.6 is 22.6 Å². The first kappa shape index (κ1) is 20.5. The second-order valence-electron chi connectivity index (χ2n) is 7.13. The van der Waals surface area contributed by atoms with Crippen LogP contribution in [0.2, 0.25) is 0 Å². The summed E-state index contributed by atoms with van der Waals surface area (Å²) >= 11 is 2.34. The van der Waals surface area contributed by atoms with Crippen LogP contribution in [0.5, 0.6) is 5.75 Å². The second kappa shape index (κ2) is 9.34. The minimum absolute atomic E-state index is 0.612. The Morgan fingerprint density at radius 2 is 1.73 bits per heavy atom. The molecule has 0 amide bonds. The average molecular weight is 509 g/mol. The number of benzene rings is 3. The highest BCUT2D eigenvalue weighted by Gasteiger charge is 2.12. The van der Waals surface area contributed by atoms with Gasteiger partial charge in [-0.15, -0.1) is 0 Å². The SMILES string of the molecule is COc1ccccc1CN/N=C\c1c(C)n(Cc2ccc(I)cc2)c2ccccc12. The van der Waals surface area contributed by atoms with Crippen LogP contribution in [-0.2, 0) is 13.1 Å². The predicted molar refractivity (Wildman–Crippen MR) is 132 cm³/mol. The van der Waals surface area contributed by atoms with Gasteiger partial charge in [0.15, 0.2) is 0 Å². The molecule has 4 aromatic rings. The van der Waals surface area contributed by atoms with Crippen LogP contribution in [0.1, 0.15) is 22.4 Å². The molecule has 0 aliphatic carbocycles. The van der Waals surface area contributed by atoms with E-state index in [0.29, 0.717) is 6.54 Å². The van der Waals surface area contributed by atoms with Crippen molar-refractivity contribution >= 4 is 39.7 Å². The lowest BCUT2D eigenvalue weighted by atomic mass is 10.1. The standard InChI is InChI=1S/C25H24IN3O/c1-18-23(16-28-27-15-20-7-3-6-10-25(20)30-2)22-8-4-5-9-24(22)29(18)17-19-11-13-21(26)14-12-19/h3-14,16,27H,15,17H2,1-2H3/b28-16-. The molecule has 0 aliphatic heterocycles. The molecule has 1 aromatic heterocycles. The van der Waals surface area contributed by atoms with Gasteiger partial charge in [0.2, 0.25) is 0 Å². The van der Waals surface area contributed by atoms with Crippen molar-refractivity contribution in [2.45, 2.75) is 20.0 Å². The molecule has 3 aromatic carbocycles. The lowest BCUT2D eigenvalue weighted by Gasteiger charge is -2.09. The normalized spacial score (nSPS) is 11.3. The lowest BCUT2D eigenvalue weighted by molar-refractivity contribution is 0.408. The number of hydrogen-bond acceptors (Lipinski definition) is 3. The van der Waals surface area contributed by atoms with Gasteiger partial charge in [-0.3, -0.25) is 0 Å². The molecule has 0 unspecified atom stereocenters. The van der Waals surface area contributed by atoms with Crippen LogP contribution in [0, 0.1) is 10.5 Å². The molecule has 152 valence electrons. The molecule has 5 heteroatoms. The van der Waals surface area contributed by atoms with E-state index in [9.17, 15) is 0 Å². The molecule has 1 N–H and O–H groups in total. The summed E-state index contributed by atoms with van der Waals surface area (Å²) in [4.78, 5) is 0. The van der Waals surface area contributed by atoms with Crippen LogP contribution in [0.25, 0.3) is 10.9 Å². The number of nitrogens with zero attached hydrogens (tertiary/aromatic N) is 2. The zero-order valence-corrected chi connectivity index (χ0v) is 19.3. The van der Waals surface area contributed by atoms with E-state index >= 15 is 0 Å². The van der Waals surface area contributed by atoms with Crippen molar-refractivity contribution in [3.63, 3.8) is 0 Å². The van der Waals surface area contributed by atoms with Crippen molar-refractivity contribution in [3.8, 4) is 5.75 Å². The van der Waals surface area contributed by atoms with Gasteiger partial charge in [0.25, 0.3) is 0 Å². The molecule has 0 saturated carbocycles. The number of ether oxygens (including phenoxy) is 1. The summed E-state index contributed by atoms with van der Waals surface area (Å²) in [5.41, 5.74) is 9.10. The Morgan fingerprint density at radius 1 is 1.00 bits per heavy atom. The molecule has 1 heterocycles. The fraction of sp³-hybridized carbons (Fsp3) is 0.160. The summed E-state index contributed by atoms with van der Waals surface area (Å²) in [6.07, 6.45) is 1.93. The van der Waals surface area contributed by atoms with Gasteiger partial charge in [0.05, 0.1) is 19.9 Å². The van der Waals surface area contributed by atoms with Crippen LogP contribution in [0.15, 0.2) is 77.9 Å². The zero-order valence-electron chi connectivity index (χ0n) is 17.1. The number of rotatable bonds is 7. The van der Waals surface area contributed by atoms with Gasteiger partial charge in [0, 0.05) is 37.8 Å². The van der Waals surface area contributed by atoms with Crippen LogP contribution < -0.4 is 10.2 Å². The Balaban J connectivity index is 1.59. The number of nitrogens with one attached hydrogen (secondary N) is 1. The van der Waals surface area contributed by atoms with Crippen molar-refractivity contribution < 1.29 is 4.74 Å². The number of halogens is 1. The molecule has 0 spiro atoms. The highest BCUT2D eigenvalue weighted by atomic mass is 127. The largest absolute Gasteiger partial charge is 0.496 e. The maximum Gasteiger partial charge on any atom is 0.123 e. The minimum atomic E-state index is 0.612. The fourth-order valence-electron chi connectivity index (χ4n) is 3.69. The molecular formula is C25H24IN3O. The summed E-state index contributed by atoms with van der Waals surface area (Å²) in [5.74, 6) is 0.866. The molecule has 0 aliphatic rings. The van der Waals surface area contributed by atoms with Gasteiger partial charge >= 0.3 is 0 Å². The van der Waals surface area contributed by atoms with E-state index in [2.05, 4.69) is 93.1 Å². The van der Waals surface area contributed by atoms with E-state index in [-0.39, 0.29) is 0 Å². The van der Waals surface area contributed by atoms with E-state index < -0.39 is 0 Å². The monoisotopic (exact) mass is 509 g/mol. The Labute approximate surface area is 190 Å². The zero-order chi connectivity index (χ0) is 20.9. The van der Waals surface area contributed by atoms with Gasteiger partial charge in [-0.05, 0) is 59.3 Å². The number of para-hydroxylation sites is 2. The van der Waals surface area contributed by atoms with Crippen molar-refractivity contribution in [3.05, 3.63) is 98.8 Å².